The molecule has 0 bridgehead atoms. The molecule has 1 aromatic rings. The number of rotatable bonds is 4. The molecule has 4 nitrogen and oxygen atoms in total. The molecule has 19 heavy (non-hydrogen) atoms. The molecule has 2 atom stereocenters. The maximum Gasteiger partial charge on any atom is 0.244 e. The van der Waals surface area contributed by atoms with Crippen LogP contribution in [0.25, 0.3) is 6.08 Å². The maximum absolute atomic E-state index is 11.8. The van der Waals surface area contributed by atoms with Gasteiger partial charge in [-0.2, -0.15) is 0 Å². The number of nitrogens with one attached hydrogen (secondary N) is 2. The van der Waals surface area contributed by atoms with Crippen LogP contribution in [0.3, 0.4) is 0 Å². The first-order valence-corrected chi connectivity index (χ1v) is 6.54. The average molecular weight is 281 g/mol. The maximum atomic E-state index is 11.8. The molecule has 1 saturated heterocycles. The third-order valence-corrected chi connectivity index (χ3v) is 3.34. The van der Waals surface area contributed by atoms with Crippen LogP contribution in [0.4, 0.5) is 0 Å². The minimum Gasteiger partial charge on any atom is -0.378 e. The van der Waals surface area contributed by atoms with E-state index in [9.17, 15) is 4.79 Å². The Labute approximate surface area is 117 Å². The van der Waals surface area contributed by atoms with Crippen molar-refractivity contribution in [2.75, 3.05) is 20.2 Å². The highest BCUT2D eigenvalue weighted by atomic mass is 35.5. The number of hydrogen-bond acceptors (Lipinski definition) is 3. The molecule has 1 unspecified atom stereocenters. The number of carbonyl (C=O) groups excluding carboxylic acids is 1. The van der Waals surface area contributed by atoms with Crippen LogP contribution in [0.5, 0.6) is 0 Å². The van der Waals surface area contributed by atoms with Crippen LogP contribution in [-0.2, 0) is 9.53 Å². The molecule has 2 N–H and O–H groups in total. The fourth-order valence-electron chi connectivity index (χ4n) is 2.02. The van der Waals surface area contributed by atoms with Crippen molar-refractivity contribution in [1.29, 1.82) is 0 Å². The van der Waals surface area contributed by atoms with E-state index >= 15 is 0 Å². The molecular weight excluding hydrogens is 264 g/mol. The van der Waals surface area contributed by atoms with E-state index in [0.29, 0.717) is 5.02 Å². The van der Waals surface area contributed by atoms with E-state index in [1.54, 1.807) is 25.3 Å². The topological polar surface area (TPSA) is 50.4 Å². The lowest BCUT2D eigenvalue weighted by Crippen LogP contribution is -2.42. The average Bonchev–Trinajstić information content (AvgIpc) is 2.85. The number of amides is 1. The van der Waals surface area contributed by atoms with Gasteiger partial charge in [0.1, 0.15) is 0 Å². The fraction of sp³-hybridized carbons (Fsp3) is 0.357. The summed E-state index contributed by atoms with van der Waals surface area (Å²) >= 11 is 5.80. The molecule has 1 aliphatic heterocycles. The van der Waals surface area contributed by atoms with Crippen LogP contribution < -0.4 is 10.6 Å². The van der Waals surface area contributed by atoms with Gasteiger partial charge >= 0.3 is 0 Å². The normalized spacial score (nSPS) is 22.8. The van der Waals surface area contributed by atoms with Gasteiger partial charge in [0, 0.05) is 31.3 Å². The first-order valence-electron chi connectivity index (χ1n) is 6.16. The largest absolute Gasteiger partial charge is 0.378 e. The summed E-state index contributed by atoms with van der Waals surface area (Å²) in [7, 11) is 1.65. The van der Waals surface area contributed by atoms with Gasteiger partial charge in [0.25, 0.3) is 0 Å². The third-order valence-electron chi connectivity index (χ3n) is 3.09. The first-order chi connectivity index (χ1) is 9.19. The molecule has 1 aliphatic rings. The minimum atomic E-state index is -0.120. The third kappa shape index (κ3) is 4.06. The predicted octanol–water partition coefficient (Wildman–Crippen LogP) is 1.46. The van der Waals surface area contributed by atoms with E-state index in [2.05, 4.69) is 10.6 Å². The summed E-state index contributed by atoms with van der Waals surface area (Å²) < 4.78 is 5.28. The van der Waals surface area contributed by atoms with E-state index in [4.69, 9.17) is 16.3 Å². The molecule has 0 spiro atoms. The van der Waals surface area contributed by atoms with Crippen molar-refractivity contribution >= 4 is 23.6 Å². The van der Waals surface area contributed by atoms with Gasteiger partial charge in [-0.05, 0) is 23.8 Å². The van der Waals surface area contributed by atoms with Gasteiger partial charge < -0.3 is 15.4 Å². The van der Waals surface area contributed by atoms with Gasteiger partial charge in [-0.15, -0.1) is 0 Å². The van der Waals surface area contributed by atoms with Crippen LogP contribution >= 0.6 is 11.6 Å². The summed E-state index contributed by atoms with van der Waals surface area (Å²) in [5.41, 5.74) is 0.937. The molecular formula is C14H17ClN2O2. The van der Waals surface area contributed by atoms with Gasteiger partial charge in [0.05, 0.1) is 12.1 Å². The van der Waals surface area contributed by atoms with Crippen LogP contribution in [0.2, 0.25) is 5.02 Å². The lowest BCUT2D eigenvalue weighted by atomic mass is 10.2. The van der Waals surface area contributed by atoms with Gasteiger partial charge in [0.2, 0.25) is 5.91 Å². The Hall–Kier alpha value is -1.36. The number of ether oxygens (including phenoxy) is 1. The number of halogens is 1. The number of hydrogen-bond donors (Lipinski definition) is 2. The number of carbonyl (C=O) groups is 1. The zero-order valence-electron chi connectivity index (χ0n) is 10.7. The van der Waals surface area contributed by atoms with Crippen molar-refractivity contribution in [1.82, 2.24) is 10.6 Å². The summed E-state index contributed by atoms with van der Waals surface area (Å²) in [6, 6.07) is 7.33. The van der Waals surface area contributed by atoms with Crippen LogP contribution in [-0.4, -0.2) is 38.3 Å². The standard InChI is InChI=1S/C14H17ClN2O2/c1-19-13-9-16-8-12(13)17-14(18)7-4-10-2-5-11(15)6-3-10/h2-7,12-13,16H,8-9H2,1H3,(H,17,18)/b7-4+/t12?,13-/m0/s1. The molecule has 0 aromatic heterocycles. The first kappa shape index (κ1) is 14.1. The van der Waals surface area contributed by atoms with Crippen molar-refractivity contribution < 1.29 is 9.53 Å². The quantitative estimate of drug-likeness (QED) is 0.821. The van der Waals surface area contributed by atoms with Crippen molar-refractivity contribution in [3.05, 3.63) is 40.9 Å². The van der Waals surface area contributed by atoms with Crippen molar-refractivity contribution in [2.45, 2.75) is 12.1 Å². The van der Waals surface area contributed by atoms with E-state index in [-0.39, 0.29) is 18.1 Å². The van der Waals surface area contributed by atoms with Crippen molar-refractivity contribution in [3.8, 4) is 0 Å². The van der Waals surface area contributed by atoms with Crippen molar-refractivity contribution in [3.63, 3.8) is 0 Å². The SMILES string of the molecule is CO[C@H]1CNCC1NC(=O)/C=C/c1ccc(Cl)cc1. The zero-order chi connectivity index (χ0) is 13.7. The van der Waals surface area contributed by atoms with Gasteiger partial charge in [-0.3, -0.25) is 4.79 Å². The predicted molar refractivity (Wildman–Crippen MR) is 76.1 cm³/mol. The molecule has 1 amide bonds. The van der Waals surface area contributed by atoms with Crippen LogP contribution in [0, 0.1) is 0 Å². The second kappa shape index (κ2) is 6.70. The van der Waals surface area contributed by atoms with Gasteiger partial charge in [-0.1, -0.05) is 23.7 Å². The molecule has 1 aromatic carbocycles. The summed E-state index contributed by atoms with van der Waals surface area (Å²) in [5, 5.41) is 6.78. The summed E-state index contributed by atoms with van der Waals surface area (Å²) in [6.07, 6.45) is 3.32. The lowest BCUT2D eigenvalue weighted by molar-refractivity contribution is -0.117. The zero-order valence-corrected chi connectivity index (χ0v) is 11.5. The Bertz CT molecular complexity index is 459. The molecule has 1 fully saturated rings. The Morgan fingerprint density at radius 3 is 2.84 bits per heavy atom. The van der Waals surface area contributed by atoms with E-state index in [1.807, 2.05) is 12.1 Å². The summed E-state index contributed by atoms with van der Waals surface area (Å²) in [6.45, 7) is 1.50. The molecule has 0 aliphatic carbocycles. The van der Waals surface area contributed by atoms with E-state index in [1.165, 1.54) is 6.08 Å². The number of methoxy groups -OCH3 is 1. The minimum absolute atomic E-state index is 0.0207. The highest BCUT2D eigenvalue weighted by Gasteiger charge is 2.27. The fourth-order valence-corrected chi connectivity index (χ4v) is 2.15. The molecule has 2 rings (SSSR count). The molecule has 1 heterocycles. The molecule has 102 valence electrons. The lowest BCUT2D eigenvalue weighted by Gasteiger charge is -2.17. The van der Waals surface area contributed by atoms with E-state index in [0.717, 1.165) is 18.7 Å². The molecule has 5 heteroatoms. The highest BCUT2D eigenvalue weighted by molar-refractivity contribution is 6.30. The second-order valence-corrected chi connectivity index (χ2v) is 4.87. The van der Waals surface area contributed by atoms with E-state index < -0.39 is 0 Å². The summed E-state index contributed by atoms with van der Waals surface area (Å²) in [5.74, 6) is -0.120. The van der Waals surface area contributed by atoms with Gasteiger partial charge in [-0.25, -0.2) is 0 Å². The van der Waals surface area contributed by atoms with Crippen LogP contribution in [0.15, 0.2) is 30.3 Å². The second-order valence-electron chi connectivity index (χ2n) is 4.43. The van der Waals surface area contributed by atoms with Crippen LogP contribution in [0.1, 0.15) is 5.56 Å². The Kier molecular flexibility index (Phi) is 4.96. The Morgan fingerprint density at radius 1 is 1.42 bits per heavy atom. The summed E-state index contributed by atoms with van der Waals surface area (Å²) in [4.78, 5) is 11.8. The monoisotopic (exact) mass is 280 g/mol. The molecule has 0 radical (unpaired) electrons. The molecule has 0 saturated carbocycles. The number of benzene rings is 1. The smallest absolute Gasteiger partial charge is 0.244 e. The van der Waals surface area contributed by atoms with Gasteiger partial charge in [0.15, 0.2) is 0 Å². The Morgan fingerprint density at radius 2 is 2.16 bits per heavy atom. The van der Waals surface area contributed by atoms with Crippen molar-refractivity contribution in [2.24, 2.45) is 0 Å². The highest BCUT2D eigenvalue weighted by Crippen LogP contribution is 2.10. The Balaban J connectivity index is 1.88.